The van der Waals surface area contributed by atoms with E-state index in [0.717, 1.165) is 34.4 Å². The topological polar surface area (TPSA) is 49.4 Å². The summed E-state index contributed by atoms with van der Waals surface area (Å²) in [5.41, 5.74) is 2.01. The van der Waals surface area contributed by atoms with Crippen LogP contribution in [0.3, 0.4) is 0 Å². The van der Waals surface area contributed by atoms with Crippen molar-refractivity contribution in [3.63, 3.8) is 0 Å². The van der Waals surface area contributed by atoms with Crippen molar-refractivity contribution >= 4 is 39.9 Å². The molecule has 1 aromatic carbocycles. The van der Waals surface area contributed by atoms with E-state index in [-0.39, 0.29) is 11.1 Å². The first-order valence-electron chi connectivity index (χ1n) is 8.45. The second-order valence-corrected chi connectivity index (χ2v) is 8.46. The van der Waals surface area contributed by atoms with E-state index in [0.29, 0.717) is 5.69 Å². The van der Waals surface area contributed by atoms with Gasteiger partial charge in [0.05, 0.1) is 10.6 Å². The van der Waals surface area contributed by atoms with Gasteiger partial charge in [0.15, 0.2) is 0 Å². The average Bonchev–Trinajstić information content (AvgIpc) is 2.87. The van der Waals surface area contributed by atoms with Crippen molar-refractivity contribution in [2.75, 3.05) is 19.4 Å². The van der Waals surface area contributed by atoms with Gasteiger partial charge in [-0.1, -0.05) is 18.6 Å². The fourth-order valence-electron chi connectivity index (χ4n) is 2.81. The Morgan fingerprint density at radius 3 is 2.68 bits per heavy atom. The molecule has 0 saturated heterocycles. The molecule has 2 amide bonds. The van der Waals surface area contributed by atoms with Crippen LogP contribution in [0.25, 0.3) is 0 Å². The van der Waals surface area contributed by atoms with E-state index in [1.165, 1.54) is 34.6 Å². The second kappa shape index (κ2) is 8.06. The predicted octanol–water partition coefficient (Wildman–Crippen LogP) is 5.04. The zero-order valence-electron chi connectivity index (χ0n) is 14.5. The summed E-state index contributed by atoms with van der Waals surface area (Å²) < 4.78 is 0. The summed E-state index contributed by atoms with van der Waals surface area (Å²) in [6, 6.07) is 9.46. The van der Waals surface area contributed by atoms with Gasteiger partial charge in [-0.25, -0.2) is 0 Å². The minimum atomic E-state index is -0.0941. The molecule has 1 heterocycles. The fourth-order valence-corrected chi connectivity index (χ4v) is 4.70. The van der Waals surface area contributed by atoms with Crippen molar-refractivity contribution < 1.29 is 9.59 Å². The lowest BCUT2D eigenvalue weighted by Gasteiger charge is -2.12. The first-order chi connectivity index (χ1) is 12.0. The second-order valence-electron chi connectivity index (χ2n) is 6.33. The Hall–Kier alpha value is -1.79. The molecule has 4 nitrogen and oxygen atoms in total. The van der Waals surface area contributed by atoms with Crippen LogP contribution in [0.15, 0.2) is 35.2 Å². The summed E-state index contributed by atoms with van der Waals surface area (Å²) in [7, 11) is 3.44. The summed E-state index contributed by atoms with van der Waals surface area (Å²) in [4.78, 5) is 29.0. The van der Waals surface area contributed by atoms with Gasteiger partial charge in [-0.15, -0.1) is 11.3 Å². The van der Waals surface area contributed by atoms with E-state index in [1.54, 1.807) is 25.4 Å². The van der Waals surface area contributed by atoms with Gasteiger partial charge in [0.25, 0.3) is 11.1 Å². The van der Waals surface area contributed by atoms with E-state index in [4.69, 9.17) is 0 Å². The number of carbonyl (C=O) groups is 2. The molecule has 1 aromatic heterocycles. The number of fused-ring (bicyclic) bond motifs is 1. The van der Waals surface area contributed by atoms with E-state index in [9.17, 15) is 9.59 Å². The molecule has 0 atom stereocenters. The van der Waals surface area contributed by atoms with Gasteiger partial charge in [-0.2, -0.15) is 0 Å². The lowest BCUT2D eigenvalue weighted by atomic mass is 10.1. The Balaban J connectivity index is 1.76. The molecule has 1 aliphatic carbocycles. The third-order valence-corrected chi connectivity index (χ3v) is 6.52. The van der Waals surface area contributed by atoms with Crippen LogP contribution in [0.2, 0.25) is 0 Å². The molecule has 0 unspecified atom stereocenters. The molecule has 0 bridgehead atoms. The van der Waals surface area contributed by atoms with Gasteiger partial charge in [0.1, 0.15) is 0 Å². The Kier molecular flexibility index (Phi) is 5.81. The standard InChI is InChI=1S/C19H22N2O2S2/c1-21(2)19(23)25-16-11-7-6-9-14(16)20-18(22)17-12-13-8-4-3-5-10-15(13)24-17/h6-7,9,11-12H,3-5,8,10H2,1-2H3,(H,20,22). The number of rotatable bonds is 3. The minimum Gasteiger partial charge on any atom is -0.339 e. The highest BCUT2D eigenvalue weighted by molar-refractivity contribution is 8.13. The fraction of sp³-hybridized carbons (Fsp3) is 0.368. The van der Waals surface area contributed by atoms with Crippen molar-refractivity contribution in [1.29, 1.82) is 0 Å². The molecule has 1 N–H and O–H groups in total. The Morgan fingerprint density at radius 1 is 1.12 bits per heavy atom. The normalized spacial score (nSPS) is 13.7. The highest BCUT2D eigenvalue weighted by Gasteiger charge is 2.18. The zero-order valence-corrected chi connectivity index (χ0v) is 16.1. The van der Waals surface area contributed by atoms with Crippen LogP contribution >= 0.6 is 23.1 Å². The first-order valence-corrected chi connectivity index (χ1v) is 10.1. The lowest BCUT2D eigenvalue weighted by Crippen LogP contribution is -2.17. The number of hydrogen-bond donors (Lipinski definition) is 1. The summed E-state index contributed by atoms with van der Waals surface area (Å²) in [5, 5.41) is 2.91. The number of nitrogens with one attached hydrogen (secondary N) is 1. The molecule has 0 saturated carbocycles. The quantitative estimate of drug-likeness (QED) is 0.605. The highest BCUT2D eigenvalue weighted by Crippen LogP contribution is 2.32. The molecule has 132 valence electrons. The van der Waals surface area contributed by atoms with E-state index in [1.807, 2.05) is 30.3 Å². The summed E-state index contributed by atoms with van der Waals surface area (Å²) in [6.45, 7) is 0. The van der Waals surface area contributed by atoms with Crippen molar-refractivity contribution in [2.45, 2.75) is 37.0 Å². The Bertz CT molecular complexity index is 760. The van der Waals surface area contributed by atoms with Crippen LogP contribution < -0.4 is 5.32 Å². The van der Waals surface area contributed by atoms with E-state index in [2.05, 4.69) is 5.32 Å². The number of thiophene rings is 1. The molecule has 3 rings (SSSR count). The third kappa shape index (κ3) is 4.44. The molecule has 0 spiro atoms. The van der Waals surface area contributed by atoms with E-state index >= 15 is 0 Å². The average molecular weight is 375 g/mol. The third-order valence-electron chi connectivity index (χ3n) is 4.17. The molecule has 2 aromatic rings. The monoisotopic (exact) mass is 374 g/mol. The molecular formula is C19H22N2O2S2. The van der Waals surface area contributed by atoms with Crippen LogP contribution in [-0.4, -0.2) is 30.1 Å². The van der Waals surface area contributed by atoms with Gasteiger partial charge in [-0.05, 0) is 61.2 Å². The number of para-hydroxylation sites is 1. The number of thioether (sulfide) groups is 1. The number of nitrogens with zero attached hydrogens (tertiary/aromatic N) is 1. The van der Waals surface area contributed by atoms with Gasteiger partial charge in [0, 0.05) is 23.9 Å². The number of benzene rings is 1. The SMILES string of the molecule is CN(C)C(=O)Sc1ccccc1NC(=O)c1cc2c(s1)CCCCC2. The first kappa shape index (κ1) is 18.0. The van der Waals surface area contributed by atoms with Gasteiger partial charge in [0.2, 0.25) is 0 Å². The van der Waals surface area contributed by atoms with Gasteiger partial charge < -0.3 is 10.2 Å². The number of anilines is 1. The molecule has 25 heavy (non-hydrogen) atoms. The van der Waals surface area contributed by atoms with Crippen molar-refractivity contribution in [3.8, 4) is 0 Å². The maximum Gasteiger partial charge on any atom is 0.286 e. The molecule has 0 aliphatic heterocycles. The molecule has 0 fully saturated rings. The van der Waals surface area contributed by atoms with Gasteiger partial charge in [-0.3, -0.25) is 9.59 Å². The number of amides is 2. The van der Waals surface area contributed by atoms with Crippen LogP contribution in [0.5, 0.6) is 0 Å². The van der Waals surface area contributed by atoms with E-state index < -0.39 is 0 Å². The summed E-state index contributed by atoms with van der Waals surface area (Å²) in [6.07, 6.45) is 5.84. The highest BCUT2D eigenvalue weighted by atomic mass is 32.2. The zero-order chi connectivity index (χ0) is 17.8. The summed E-state index contributed by atoms with van der Waals surface area (Å²) in [5.74, 6) is -0.0941. The molecule has 6 heteroatoms. The van der Waals surface area contributed by atoms with Crippen LogP contribution in [0.1, 0.15) is 39.4 Å². The van der Waals surface area contributed by atoms with Crippen molar-refractivity contribution in [3.05, 3.63) is 45.6 Å². The summed E-state index contributed by atoms with van der Waals surface area (Å²) >= 11 is 2.73. The largest absolute Gasteiger partial charge is 0.339 e. The molecule has 1 aliphatic rings. The predicted molar refractivity (Wildman–Crippen MR) is 105 cm³/mol. The van der Waals surface area contributed by atoms with Crippen molar-refractivity contribution in [1.82, 2.24) is 4.90 Å². The smallest absolute Gasteiger partial charge is 0.286 e. The Labute approximate surface area is 156 Å². The Morgan fingerprint density at radius 2 is 1.88 bits per heavy atom. The maximum absolute atomic E-state index is 12.7. The van der Waals surface area contributed by atoms with Crippen LogP contribution in [0.4, 0.5) is 10.5 Å². The van der Waals surface area contributed by atoms with Gasteiger partial charge >= 0.3 is 0 Å². The molecule has 0 radical (unpaired) electrons. The maximum atomic E-state index is 12.7. The minimum absolute atomic E-state index is 0.0652. The molecular weight excluding hydrogens is 352 g/mol. The van der Waals surface area contributed by atoms with Crippen LogP contribution in [-0.2, 0) is 12.8 Å². The van der Waals surface area contributed by atoms with Crippen molar-refractivity contribution in [2.24, 2.45) is 0 Å². The number of carbonyl (C=O) groups excluding carboxylic acids is 2. The number of aryl methyl sites for hydroxylation is 2. The van der Waals surface area contributed by atoms with Crippen LogP contribution in [0, 0.1) is 0 Å². The lowest BCUT2D eigenvalue weighted by molar-refractivity contribution is 0.103. The number of hydrogen-bond acceptors (Lipinski definition) is 4.